The zero-order valence-electron chi connectivity index (χ0n) is 19.4. The van der Waals surface area contributed by atoms with Crippen molar-refractivity contribution in [3.63, 3.8) is 0 Å². The molecular formula is C19H30ClF4N5O5. The highest BCUT2D eigenvalue weighted by atomic mass is 35.5. The highest BCUT2D eigenvalue weighted by Gasteiger charge is 2.44. The molecule has 0 fully saturated rings. The minimum Gasteiger partial charge on any atom is -0.370 e. The number of alkyl halides is 5. The molecule has 0 saturated carbocycles. The number of carbonyl (C=O) groups excluding carboxylic acids is 5. The first kappa shape index (κ1) is 31.4. The molecule has 0 spiro atoms. The van der Waals surface area contributed by atoms with E-state index in [-0.39, 0.29) is 12.3 Å². The maximum Gasteiger partial charge on any atom is 0.471 e. The fourth-order valence-corrected chi connectivity index (χ4v) is 2.74. The number of rotatable bonds is 10. The van der Waals surface area contributed by atoms with E-state index in [2.05, 4.69) is 5.32 Å². The maximum atomic E-state index is 13.3. The first-order valence-corrected chi connectivity index (χ1v) is 10.6. The third-order valence-electron chi connectivity index (χ3n) is 4.28. The zero-order valence-corrected chi connectivity index (χ0v) is 20.1. The zero-order chi connectivity index (χ0) is 27.0. The van der Waals surface area contributed by atoms with Crippen LogP contribution in [0.15, 0.2) is 0 Å². The number of carbonyl (C=O) groups is 5. The van der Waals surface area contributed by atoms with Gasteiger partial charge in [0.1, 0.15) is 12.1 Å². The van der Waals surface area contributed by atoms with E-state index in [4.69, 9.17) is 17.3 Å². The van der Waals surface area contributed by atoms with Crippen LogP contribution in [0.4, 0.5) is 17.6 Å². The summed E-state index contributed by atoms with van der Waals surface area (Å²) in [6.07, 6.45) is -5.74. The van der Waals surface area contributed by atoms with E-state index in [1.807, 2.05) is 5.43 Å². The summed E-state index contributed by atoms with van der Waals surface area (Å²) in [6.45, 7) is 7.02. The molecule has 34 heavy (non-hydrogen) atoms. The topological polar surface area (TPSA) is 151 Å². The summed E-state index contributed by atoms with van der Waals surface area (Å²) in [5.74, 6) is -6.97. The van der Waals surface area contributed by atoms with Gasteiger partial charge in [-0.1, -0.05) is 46.2 Å². The van der Waals surface area contributed by atoms with Gasteiger partial charge in [-0.3, -0.25) is 29.4 Å². The minimum atomic E-state index is -5.25. The molecule has 0 aromatic heterocycles. The van der Waals surface area contributed by atoms with Gasteiger partial charge in [0.2, 0.25) is 11.8 Å². The van der Waals surface area contributed by atoms with Gasteiger partial charge >= 0.3 is 12.1 Å². The van der Waals surface area contributed by atoms with Gasteiger partial charge in [-0.05, 0) is 17.8 Å². The van der Waals surface area contributed by atoms with Crippen LogP contribution in [0.1, 0.15) is 47.5 Å². The Labute approximate surface area is 199 Å². The summed E-state index contributed by atoms with van der Waals surface area (Å²) in [5, 5.41) is 4.28. The number of halogens is 5. The normalized spacial score (nSPS) is 14.6. The quantitative estimate of drug-likeness (QED) is 0.192. The van der Waals surface area contributed by atoms with Crippen molar-refractivity contribution in [2.24, 2.45) is 17.1 Å². The smallest absolute Gasteiger partial charge is 0.370 e. The predicted molar refractivity (Wildman–Crippen MR) is 113 cm³/mol. The fraction of sp³-hybridized carbons (Fsp3) is 0.737. The average molecular weight is 520 g/mol. The molecule has 0 rings (SSSR count). The molecule has 5 amide bonds. The van der Waals surface area contributed by atoms with Gasteiger partial charge in [-0.15, -0.1) is 0 Å². The van der Waals surface area contributed by atoms with Crippen molar-refractivity contribution < 1.29 is 41.5 Å². The van der Waals surface area contributed by atoms with Crippen molar-refractivity contribution in [3.8, 4) is 0 Å². The molecular weight excluding hydrogens is 490 g/mol. The van der Waals surface area contributed by atoms with E-state index in [1.165, 1.54) is 20.8 Å². The van der Waals surface area contributed by atoms with Crippen LogP contribution < -0.4 is 21.8 Å². The summed E-state index contributed by atoms with van der Waals surface area (Å²) >= 11 is 5.12. The van der Waals surface area contributed by atoms with Crippen LogP contribution in [0.3, 0.4) is 0 Å². The van der Waals surface area contributed by atoms with Gasteiger partial charge in [-0.25, -0.2) is 9.40 Å². The van der Waals surface area contributed by atoms with Gasteiger partial charge in [0.15, 0.2) is 0 Å². The Kier molecular flexibility index (Phi) is 11.7. The number of nitrogens with zero attached hydrogens (tertiary/aromatic N) is 1. The van der Waals surface area contributed by atoms with E-state index < -0.39 is 71.8 Å². The van der Waals surface area contributed by atoms with Gasteiger partial charge in [-0.2, -0.15) is 13.2 Å². The number of hydrogen-bond donors (Lipinski definition) is 4. The second-order valence-corrected chi connectivity index (χ2v) is 9.33. The summed E-state index contributed by atoms with van der Waals surface area (Å²) < 4.78 is 51.5. The molecule has 0 aromatic rings. The lowest BCUT2D eigenvalue weighted by atomic mass is 9.85. The molecule has 0 bridgehead atoms. The highest BCUT2D eigenvalue weighted by Crippen LogP contribution is 2.23. The fourth-order valence-electron chi connectivity index (χ4n) is 2.62. The van der Waals surface area contributed by atoms with Crippen LogP contribution in [0.5, 0.6) is 0 Å². The van der Waals surface area contributed by atoms with Crippen molar-refractivity contribution in [2.75, 3.05) is 6.54 Å². The monoisotopic (exact) mass is 519 g/mol. The minimum absolute atomic E-state index is 0.0422. The summed E-state index contributed by atoms with van der Waals surface area (Å²) in [6, 6.07) is -3.09. The molecule has 0 saturated heterocycles. The second-order valence-electron chi connectivity index (χ2n) is 8.94. The Hall–Kier alpha value is -2.64. The molecule has 0 aliphatic rings. The largest absolute Gasteiger partial charge is 0.471 e. The summed E-state index contributed by atoms with van der Waals surface area (Å²) in [7, 11) is 0. The number of hydrogen-bond acceptors (Lipinski definition) is 5. The molecule has 5 N–H and O–H groups in total. The Morgan fingerprint density at radius 2 is 1.53 bits per heavy atom. The first-order chi connectivity index (χ1) is 15.3. The van der Waals surface area contributed by atoms with Gasteiger partial charge in [0.05, 0.1) is 6.54 Å². The van der Waals surface area contributed by atoms with E-state index in [0.717, 1.165) is 0 Å². The van der Waals surface area contributed by atoms with Crippen LogP contribution in [0.25, 0.3) is 0 Å². The Balaban J connectivity index is 5.78. The number of primary amides is 1. The molecule has 0 aliphatic carbocycles. The number of amides is 5. The second kappa shape index (κ2) is 12.7. The van der Waals surface area contributed by atoms with E-state index >= 15 is 0 Å². The third-order valence-corrected chi connectivity index (χ3v) is 4.47. The maximum absolute atomic E-state index is 13.3. The van der Waals surface area contributed by atoms with Crippen LogP contribution in [0.2, 0.25) is 0 Å². The summed E-state index contributed by atoms with van der Waals surface area (Å²) in [4.78, 5) is 59.9. The molecule has 0 aromatic carbocycles. The van der Waals surface area contributed by atoms with Crippen molar-refractivity contribution in [3.05, 3.63) is 0 Å². The van der Waals surface area contributed by atoms with Gasteiger partial charge in [0, 0.05) is 6.42 Å². The summed E-state index contributed by atoms with van der Waals surface area (Å²) in [5.41, 5.74) is 3.29. The van der Waals surface area contributed by atoms with Crippen LogP contribution in [0, 0.1) is 11.3 Å². The molecule has 10 nitrogen and oxygen atoms in total. The molecule has 196 valence electrons. The van der Waals surface area contributed by atoms with Crippen molar-refractivity contribution in [2.45, 2.75) is 71.4 Å². The van der Waals surface area contributed by atoms with Gasteiger partial charge in [0.25, 0.3) is 17.4 Å². The lowest BCUT2D eigenvalue weighted by Gasteiger charge is -2.33. The first-order valence-electron chi connectivity index (χ1n) is 10.1. The highest BCUT2D eigenvalue weighted by molar-refractivity contribution is 6.29. The number of nitrogens with two attached hydrogens (primary N) is 1. The average Bonchev–Trinajstić information content (AvgIpc) is 2.65. The van der Waals surface area contributed by atoms with Crippen LogP contribution in [-0.4, -0.2) is 65.0 Å². The van der Waals surface area contributed by atoms with Gasteiger partial charge < -0.3 is 16.4 Å². The third kappa shape index (κ3) is 11.0. The lowest BCUT2D eigenvalue weighted by molar-refractivity contribution is -0.175. The Morgan fingerprint density at radius 1 is 1.00 bits per heavy atom. The number of nitrogens with one attached hydrogen (secondary N) is 3. The number of hydrazine groups is 1. The predicted octanol–water partition coefficient (Wildman–Crippen LogP) is 0.880. The Bertz CT molecular complexity index is 771. The van der Waals surface area contributed by atoms with Crippen molar-refractivity contribution >= 4 is 41.1 Å². The molecule has 0 aliphatic heterocycles. The van der Waals surface area contributed by atoms with Crippen LogP contribution in [-0.2, 0) is 24.0 Å². The van der Waals surface area contributed by atoms with Crippen LogP contribution >= 0.6 is 11.6 Å². The Morgan fingerprint density at radius 3 is 1.91 bits per heavy atom. The van der Waals surface area contributed by atoms with E-state index in [0.29, 0.717) is 5.01 Å². The SMILES string of the molecule is CC(C)C[C@H](NC(=O)[C@@H](NC(=O)C(F)(F)F)C(C)(C)C)C(=O)NN(CCC(N)=O)C(=O)C(F)Cl. The molecule has 15 heteroatoms. The van der Waals surface area contributed by atoms with Crippen molar-refractivity contribution in [1.82, 2.24) is 21.1 Å². The van der Waals surface area contributed by atoms with E-state index in [1.54, 1.807) is 19.2 Å². The molecule has 3 atom stereocenters. The standard InChI is InChI=1S/C19H30ClF4N5O5/c1-9(2)8-10(14(31)28-29(7-6-11(25)30)16(33)13(20)21)26-15(32)12(18(3,4)5)27-17(34)19(22,23)24/h9-10,12-13H,6-8H2,1-5H3,(H2,25,30)(H,26,32)(H,27,34)(H,28,31)/t10-,12+,13?/m0/s1. The molecule has 0 heterocycles. The molecule has 0 radical (unpaired) electrons. The lowest BCUT2D eigenvalue weighted by Crippen LogP contribution is -2.61. The molecule has 1 unspecified atom stereocenters. The van der Waals surface area contributed by atoms with Crippen molar-refractivity contribution in [1.29, 1.82) is 0 Å². The van der Waals surface area contributed by atoms with E-state index in [9.17, 15) is 41.5 Å².